The minimum Gasteiger partial charge on any atom is -0.303 e. The fourth-order valence-corrected chi connectivity index (χ4v) is 2.84. The summed E-state index contributed by atoms with van der Waals surface area (Å²) in [7, 11) is -2.44. The zero-order chi connectivity index (χ0) is 14.9. The number of sulfonamides is 1. The normalized spacial score (nSPS) is 11.6. The summed E-state index contributed by atoms with van der Waals surface area (Å²) in [6.07, 6.45) is 1.76. The molecule has 0 fully saturated rings. The standard InChI is InChI=1S/C9H12N6O3S2/c1-3-5-7(19-14-12-5)9(16)11-8-6(20(10,17)18)4-15(2)13-8/h4H,3H2,1-2H3,(H2,10,17,18)(H,11,13,16). The molecule has 2 rings (SSSR count). The highest BCUT2D eigenvalue weighted by molar-refractivity contribution is 7.89. The highest BCUT2D eigenvalue weighted by Crippen LogP contribution is 2.20. The minimum absolute atomic E-state index is 0.115. The van der Waals surface area contributed by atoms with Gasteiger partial charge in [0.15, 0.2) is 5.82 Å². The molecule has 108 valence electrons. The molecule has 0 aliphatic rings. The molecule has 0 radical (unpaired) electrons. The second-order valence-corrected chi connectivity index (χ2v) is 6.20. The summed E-state index contributed by atoms with van der Waals surface area (Å²) in [5, 5.41) is 15.2. The second-order valence-electron chi connectivity index (χ2n) is 3.92. The van der Waals surface area contributed by atoms with Crippen molar-refractivity contribution in [2.24, 2.45) is 12.2 Å². The smallest absolute Gasteiger partial charge is 0.270 e. The lowest BCUT2D eigenvalue weighted by Crippen LogP contribution is -2.18. The van der Waals surface area contributed by atoms with Gasteiger partial charge in [-0.3, -0.25) is 9.48 Å². The van der Waals surface area contributed by atoms with Crippen LogP contribution >= 0.6 is 11.5 Å². The van der Waals surface area contributed by atoms with Crippen molar-refractivity contribution in [3.63, 3.8) is 0 Å². The Hall–Kier alpha value is -1.85. The van der Waals surface area contributed by atoms with E-state index in [9.17, 15) is 13.2 Å². The van der Waals surface area contributed by atoms with Crippen LogP contribution in [0.4, 0.5) is 5.82 Å². The van der Waals surface area contributed by atoms with Crippen molar-refractivity contribution in [2.75, 3.05) is 5.32 Å². The van der Waals surface area contributed by atoms with Crippen molar-refractivity contribution >= 4 is 33.3 Å². The Labute approximate surface area is 119 Å². The summed E-state index contributed by atoms with van der Waals surface area (Å²) in [6.45, 7) is 1.84. The lowest BCUT2D eigenvalue weighted by Gasteiger charge is -2.02. The highest BCUT2D eigenvalue weighted by atomic mass is 32.2. The molecule has 0 bridgehead atoms. The Morgan fingerprint density at radius 2 is 2.25 bits per heavy atom. The number of nitrogens with two attached hydrogens (primary N) is 1. The van der Waals surface area contributed by atoms with Crippen LogP contribution < -0.4 is 10.5 Å². The van der Waals surface area contributed by atoms with Crippen molar-refractivity contribution in [1.82, 2.24) is 19.4 Å². The van der Waals surface area contributed by atoms with E-state index in [1.54, 1.807) is 0 Å². The van der Waals surface area contributed by atoms with Crippen LogP contribution in [0.1, 0.15) is 22.3 Å². The molecule has 0 unspecified atom stereocenters. The fraction of sp³-hybridized carbons (Fsp3) is 0.333. The van der Waals surface area contributed by atoms with Gasteiger partial charge in [0.2, 0.25) is 10.0 Å². The van der Waals surface area contributed by atoms with Gasteiger partial charge in [-0.2, -0.15) is 5.10 Å². The van der Waals surface area contributed by atoms with E-state index < -0.39 is 15.9 Å². The van der Waals surface area contributed by atoms with E-state index in [4.69, 9.17) is 5.14 Å². The van der Waals surface area contributed by atoms with Crippen LogP contribution in [-0.4, -0.2) is 33.7 Å². The molecule has 0 spiro atoms. The topological polar surface area (TPSA) is 133 Å². The van der Waals surface area contributed by atoms with E-state index in [0.29, 0.717) is 17.0 Å². The zero-order valence-corrected chi connectivity index (χ0v) is 12.3. The Balaban J connectivity index is 2.34. The number of nitrogens with zero attached hydrogens (tertiary/aromatic N) is 4. The number of carbonyl (C=O) groups is 1. The van der Waals surface area contributed by atoms with Gasteiger partial charge in [0, 0.05) is 13.2 Å². The molecular formula is C9H12N6O3S2. The lowest BCUT2D eigenvalue weighted by atomic mass is 10.3. The average Bonchev–Trinajstić information content (AvgIpc) is 2.94. The highest BCUT2D eigenvalue weighted by Gasteiger charge is 2.22. The van der Waals surface area contributed by atoms with Crippen molar-refractivity contribution < 1.29 is 13.2 Å². The summed E-state index contributed by atoms with van der Waals surface area (Å²) in [5.74, 6) is -0.629. The van der Waals surface area contributed by atoms with E-state index in [1.165, 1.54) is 17.9 Å². The van der Waals surface area contributed by atoms with Gasteiger partial charge < -0.3 is 5.32 Å². The number of hydrogen-bond donors (Lipinski definition) is 2. The second kappa shape index (κ2) is 5.26. The van der Waals surface area contributed by atoms with Gasteiger partial charge in [-0.05, 0) is 18.0 Å². The number of primary sulfonamides is 1. The van der Waals surface area contributed by atoms with E-state index >= 15 is 0 Å². The number of aromatic nitrogens is 4. The SMILES string of the molecule is CCc1nnsc1C(=O)Nc1nn(C)cc1S(N)(=O)=O. The number of aryl methyl sites for hydroxylation is 2. The number of hydrogen-bond acceptors (Lipinski definition) is 7. The summed E-state index contributed by atoms with van der Waals surface area (Å²) in [6, 6.07) is 0. The van der Waals surface area contributed by atoms with Crippen molar-refractivity contribution in [3.8, 4) is 0 Å². The molecule has 2 heterocycles. The maximum absolute atomic E-state index is 12.1. The van der Waals surface area contributed by atoms with Crippen molar-refractivity contribution in [3.05, 3.63) is 16.8 Å². The first-order valence-electron chi connectivity index (χ1n) is 5.52. The molecule has 0 saturated carbocycles. The molecular weight excluding hydrogens is 304 g/mol. The molecule has 3 N–H and O–H groups in total. The number of rotatable bonds is 4. The molecule has 2 aromatic heterocycles. The zero-order valence-electron chi connectivity index (χ0n) is 10.7. The molecule has 20 heavy (non-hydrogen) atoms. The van der Waals surface area contributed by atoms with E-state index in [1.807, 2.05) is 6.92 Å². The Morgan fingerprint density at radius 1 is 1.55 bits per heavy atom. The first-order chi connectivity index (χ1) is 9.32. The van der Waals surface area contributed by atoms with E-state index in [2.05, 4.69) is 20.0 Å². The Kier molecular flexibility index (Phi) is 3.83. The molecule has 11 heteroatoms. The van der Waals surface area contributed by atoms with Crippen molar-refractivity contribution in [1.29, 1.82) is 0 Å². The summed E-state index contributed by atoms with van der Waals surface area (Å²) in [5.41, 5.74) is 0.542. The third kappa shape index (κ3) is 2.84. The monoisotopic (exact) mass is 316 g/mol. The average molecular weight is 316 g/mol. The van der Waals surface area contributed by atoms with Crippen LogP contribution in [0, 0.1) is 0 Å². The lowest BCUT2D eigenvalue weighted by molar-refractivity contribution is 0.102. The van der Waals surface area contributed by atoms with Crippen LogP contribution in [0.2, 0.25) is 0 Å². The number of amides is 1. The van der Waals surface area contributed by atoms with E-state index in [-0.39, 0.29) is 10.7 Å². The Morgan fingerprint density at radius 3 is 2.85 bits per heavy atom. The number of nitrogens with one attached hydrogen (secondary N) is 1. The van der Waals surface area contributed by atoms with Crippen LogP contribution in [-0.2, 0) is 23.5 Å². The molecule has 2 aromatic rings. The van der Waals surface area contributed by atoms with Gasteiger partial charge in [-0.15, -0.1) is 5.10 Å². The Bertz CT molecular complexity index is 748. The molecule has 1 amide bonds. The minimum atomic E-state index is -3.97. The third-order valence-electron chi connectivity index (χ3n) is 2.43. The van der Waals surface area contributed by atoms with Gasteiger partial charge >= 0.3 is 0 Å². The van der Waals surface area contributed by atoms with Gasteiger partial charge in [0.1, 0.15) is 9.77 Å². The predicted octanol–water partition coefficient (Wildman–Crippen LogP) is -0.266. The predicted molar refractivity (Wildman–Crippen MR) is 71.8 cm³/mol. The van der Waals surface area contributed by atoms with Crippen LogP contribution in [0.15, 0.2) is 11.1 Å². The number of anilines is 1. The van der Waals surface area contributed by atoms with Crippen LogP contribution in [0.3, 0.4) is 0 Å². The van der Waals surface area contributed by atoms with Gasteiger partial charge in [-0.1, -0.05) is 11.4 Å². The largest absolute Gasteiger partial charge is 0.303 e. The van der Waals surface area contributed by atoms with Crippen LogP contribution in [0.5, 0.6) is 0 Å². The first kappa shape index (κ1) is 14.6. The fourth-order valence-electron chi connectivity index (χ4n) is 1.54. The maximum Gasteiger partial charge on any atom is 0.270 e. The molecule has 0 atom stereocenters. The summed E-state index contributed by atoms with van der Waals surface area (Å²) in [4.78, 5) is 12.1. The maximum atomic E-state index is 12.1. The first-order valence-corrected chi connectivity index (χ1v) is 7.84. The van der Waals surface area contributed by atoms with Crippen molar-refractivity contribution in [2.45, 2.75) is 18.2 Å². The molecule has 0 aromatic carbocycles. The summed E-state index contributed by atoms with van der Waals surface area (Å²) >= 11 is 0.933. The molecule has 0 aliphatic heterocycles. The molecule has 0 aliphatic carbocycles. The van der Waals surface area contributed by atoms with Crippen LogP contribution in [0.25, 0.3) is 0 Å². The van der Waals surface area contributed by atoms with Gasteiger partial charge in [0.05, 0.1) is 5.69 Å². The molecule has 9 nitrogen and oxygen atoms in total. The van der Waals surface area contributed by atoms with Gasteiger partial charge in [0.25, 0.3) is 5.91 Å². The van der Waals surface area contributed by atoms with Gasteiger partial charge in [-0.25, -0.2) is 13.6 Å². The number of carbonyl (C=O) groups excluding carboxylic acids is 1. The molecule has 0 saturated heterocycles. The van der Waals surface area contributed by atoms with E-state index in [0.717, 1.165) is 11.5 Å². The summed E-state index contributed by atoms with van der Waals surface area (Å²) < 4.78 is 27.8. The quantitative estimate of drug-likeness (QED) is 0.798. The third-order valence-corrected chi connectivity index (χ3v) is 4.11.